The van der Waals surface area contributed by atoms with Crippen LogP contribution in [-0.4, -0.2) is 17.1 Å². The molecule has 0 saturated heterocycles. The molecular formula is C20H14BrN5O3. The molecule has 0 amide bonds. The number of nitrogens with zero attached hydrogens (tertiary/aromatic N) is 3. The molecular weight excluding hydrogens is 438 g/mol. The second-order valence-electron chi connectivity index (χ2n) is 5.82. The Labute approximate surface area is 174 Å². The second kappa shape index (κ2) is 8.46. The van der Waals surface area contributed by atoms with Gasteiger partial charge in [-0.05, 0) is 45.8 Å². The normalized spacial score (nSPS) is 10.1. The molecule has 3 aromatic rings. The van der Waals surface area contributed by atoms with Crippen LogP contribution in [0.1, 0.15) is 16.8 Å². The number of methoxy groups -OCH3 is 1. The molecule has 8 nitrogen and oxygen atoms in total. The van der Waals surface area contributed by atoms with E-state index in [4.69, 9.17) is 15.2 Å². The number of nitrogen functional groups attached to an aromatic ring is 1. The van der Waals surface area contributed by atoms with Gasteiger partial charge in [-0.15, -0.1) is 0 Å². The van der Waals surface area contributed by atoms with Crippen LogP contribution in [0.2, 0.25) is 0 Å². The summed E-state index contributed by atoms with van der Waals surface area (Å²) in [5, 5.41) is 18.9. The number of halogens is 1. The minimum atomic E-state index is -0.676. The highest BCUT2D eigenvalue weighted by Crippen LogP contribution is 2.41. The van der Waals surface area contributed by atoms with Crippen LogP contribution in [0.4, 0.5) is 5.82 Å². The Balaban J connectivity index is 2.13. The summed E-state index contributed by atoms with van der Waals surface area (Å²) in [6, 6.07) is 12.5. The summed E-state index contributed by atoms with van der Waals surface area (Å²) in [5.41, 5.74) is 6.15. The Hall–Kier alpha value is -3.82. The summed E-state index contributed by atoms with van der Waals surface area (Å²) < 4.78 is 11.8. The molecule has 2 heterocycles. The van der Waals surface area contributed by atoms with Crippen molar-refractivity contribution in [3.63, 3.8) is 0 Å². The predicted octanol–water partition coefficient (Wildman–Crippen LogP) is 3.11. The minimum Gasteiger partial charge on any atom is -0.493 e. The van der Waals surface area contributed by atoms with Crippen LogP contribution in [0.25, 0.3) is 11.1 Å². The maximum Gasteiger partial charge on any atom is 0.268 e. The van der Waals surface area contributed by atoms with Gasteiger partial charge in [-0.25, -0.2) is 0 Å². The zero-order valence-corrected chi connectivity index (χ0v) is 16.8. The Morgan fingerprint density at radius 2 is 2.00 bits per heavy atom. The van der Waals surface area contributed by atoms with Gasteiger partial charge in [0.05, 0.1) is 17.3 Å². The molecule has 144 valence electrons. The van der Waals surface area contributed by atoms with Gasteiger partial charge in [-0.1, -0.05) is 6.07 Å². The standard InChI is InChI=1S/C20H14BrN5O3/c1-28-16-7-11(17-13(8-22)19(24)26-20(27)14(17)9-23)6-15(21)18(16)29-10-12-4-2-3-5-25-12/h2-7H,10H2,1H3,(H3,24,26,27). The fourth-order valence-corrected chi connectivity index (χ4v) is 3.32. The molecule has 0 fully saturated rings. The fourth-order valence-electron chi connectivity index (χ4n) is 2.77. The first kappa shape index (κ1) is 19.9. The van der Waals surface area contributed by atoms with E-state index in [1.54, 1.807) is 18.3 Å². The van der Waals surface area contributed by atoms with Crippen LogP contribution in [0.3, 0.4) is 0 Å². The van der Waals surface area contributed by atoms with Crippen molar-refractivity contribution in [1.29, 1.82) is 10.5 Å². The average Bonchev–Trinajstić information content (AvgIpc) is 2.72. The molecule has 3 N–H and O–H groups in total. The molecule has 0 unspecified atom stereocenters. The summed E-state index contributed by atoms with van der Waals surface area (Å²) >= 11 is 3.43. The zero-order valence-electron chi connectivity index (χ0n) is 15.2. The molecule has 1 aromatic carbocycles. The van der Waals surface area contributed by atoms with E-state index >= 15 is 0 Å². The molecule has 0 bridgehead atoms. The third-order valence-electron chi connectivity index (χ3n) is 4.08. The van der Waals surface area contributed by atoms with Crippen LogP contribution in [-0.2, 0) is 6.61 Å². The number of nitrogens with one attached hydrogen (secondary N) is 1. The zero-order chi connectivity index (χ0) is 21.0. The van der Waals surface area contributed by atoms with E-state index in [9.17, 15) is 15.3 Å². The molecule has 0 spiro atoms. The van der Waals surface area contributed by atoms with Gasteiger partial charge in [-0.2, -0.15) is 10.5 Å². The van der Waals surface area contributed by atoms with Gasteiger partial charge < -0.3 is 20.2 Å². The molecule has 3 rings (SSSR count). The Bertz CT molecular complexity index is 1210. The first-order chi connectivity index (χ1) is 14.0. The van der Waals surface area contributed by atoms with E-state index in [0.717, 1.165) is 5.69 Å². The average molecular weight is 452 g/mol. The SMILES string of the molecule is COc1cc(-c2c(C#N)c(N)[nH]c(=O)c2C#N)cc(Br)c1OCc1ccccn1. The highest BCUT2D eigenvalue weighted by atomic mass is 79.9. The number of ether oxygens (including phenoxy) is 2. The first-order valence-corrected chi connectivity index (χ1v) is 9.06. The largest absolute Gasteiger partial charge is 0.493 e. The lowest BCUT2D eigenvalue weighted by Crippen LogP contribution is -2.16. The van der Waals surface area contributed by atoms with Crippen molar-refractivity contribution in [1.82, 2.24) is 9.97 Å². The van der Waals surface area contributed by atoms with Crippen molar-refractivity contribution < 1.29 is 9.47 Å². The van der Waals surface area contributed by atoms with Gasteiger partial charge in [0.2, 0.25) is 0 Å². The van der Waals surface area contributed by atoms with Crippen LogP contribution >= 0.6 is 15.9 Å². The molecule has 2 aromatic heterocycles. The second-order valence-corrected chi connectivity index (χ2v) is 6.67. The topological polar surface area (TPSA) is 138 Å². The van der Waals surface area contributed by atoms with Gasteiger partial charge in [0, 0.05) is 11.8 Å². The van der Waals surface area contributed by atoms with Gasteiger partial charge in [0.25, 0.3) is 5.56 Å². The lowest BCUT2D eigenvalue weighted by molar-refractivity contribution is 0.279. The Kier molecular flexibility index (Phi) is 5.82. The van der Waals surface area contributed by atoms with Gasteiger partial charge in [0.15, 0.2) is 11.5 Å². The summed E-state index contributed by atoms with van der Waals surface area (Å²) in [5.74, 6) is 0.644. The molecule has 0 atom stereocenters. The van der Waals surface area contributed by atoms with Crippen LogP contribution in [0.15, 0.2) is 45.8 Å². The minimum absolute atomic E-state index is 0.00254. The summed E-state index contributed by atoms with van der Waals surface area (Å²) in [6.45, 7) is 0.208. The maximum atomic E-state index is 12.2. The van der Waals surface area contributed by atoms with Gasteiger partial charge in [-0.3, -0.25) is 9.78 Å². The summed E-state index contributed by atoms with van der Waals surface area (Å²) in [7, 11) is 1.46. The highest BCUT2D eigenvalue weighted by Gasteiger charge is 2.21. The number of hydrogen-bond acceptors (Lipinski definition) is 7. The van der Waals surface area contributed by atoms with Crippen molar-refractivity contribution in [3.05, 3.63) is 68.2 Å². The molecule has 29 heavy (non-hydrogen) atoms. The number of H-pyrrole nitrogens is 1. The van der Waals surface area contributed by atoms with Crippen molar-refractivity contribution in [3.8, 4) is 34.8 Å². The van der Waals surface area contributed by atoms with Crippen molar-refractivity contribution in [2.24, 2.45) is 0 Å². The van der Waals surface area contributed by atoms with Crippen molar-refractivity contribution in [2.75, 3.05) is 12.8 Å². The molecule has 0 aliphatic carbocycles. The number of rotatable bonds is 5. The fraction of sp³-hybridized carbons (Fsp3) is 0.100. The number of benzene rings is 1. The van der Waals surface area contributed by atoms with E-state index in [1.807, 2.05) is 30.3 Å². The van der Waals surface area contributed by atoms with Crippen LogP contribution < -0.4 is 20.8 Å². The third kappa shape index (κ3) is 3.91. The maximum absolute atomic E-state index is 12.2. The number of anilines is 1. The number of aromatic nitrogens is 2. The Morgan fingerprint density at radius 1 is 1.24 bits per heavy atom. The summed E-state index contributed by atoms with van der Waals surface area (Å²) in [4.78, 5) is 18.7. The summed E-state index contributed by atoms with van der Waals surface area (Å²) in [6.07, 6.45) is 1.66. The predicted molar refractivity (Wildman–Crippen MR) is 109 cm³/mol. The number of hydrogen-bond donors (Lipinski definition) is 2. The van der Waals surface area contributed by atoms with E-state index in [-0.39, 0.29) is 29.1 Å². The van der Waals surface area contributed by atoms with Crippen LogP contribution in [0.5, 0.6) is 11.5 Å². The van der Waals surface area contributed by atoms with Crippen molar-refractivity contribution >= 4 is 21.7 Å². The first-order valence-electron chi connectivity index (χ1n) is 8.26. The van der Waals surface area contributed by atoms with E-state index in [1.165, 1.54) is 7.11 Å². The lowest BCUT2D eigenvalue weighted by Gasteiger charge is -2.15. The molecule has 9 heteroatoms. The quantitative estimate of drug-likeness (QED) is 0.607. The molecule has 0 saturated carbocycles. The molecule has 0 aliphatic heterocycles. The highest BCUT2D eigenvalue weighted by molar-refractivity contribution is 9.10. The number of aromatic amines is 1. The van der Waals surface area contributed by atoms with Crippen molar-refractivity contribution in [2.45, 2.75) is 6.61 Å². The number of nitrogens with two attached hydrogens (primary N) is 1. The monoisotopic (exact) mass is 451 g/mol. The smallest absolute Gasteiger partial charge is 0.268 e. The van der Waals surface area contributed by atoms with E-state index < -0.39 is 5.56 Å². The molecule has 0 radical (unpaired) electrons. The number of nitriles is 2. The van der Waals surface area contributed by atoms with E-state index in [2.05, 4.69) is 25.9 Å². The van der Waals surface area contributed by atoms with Gasteiger partial charge >= 0.3 is 0 Å². The molecule has 0 aliphatic rings. The Morgan fingerprint density at radius 3 is 2.62 bits per heavy atom. The van der Waals surface area contributed by atoms with Crippen LogP contribution in [0, 0.1) is 22.7 Å². The van der Waals surface area contributed by atoms with Gasteiger partial charge in [0.1, 0.15) is 35.7 Å². The number of pyridine rings is 2. The third-order valence-corrected chi connectivity index (χ3v) is 4.67. The van der Waals surface area contributed by atoms with E-state index in [0.29, 0.717) is 21.5 Å². The lowest BCUT2D eigenvalue weighted by atomic mass is 9.96.